The first-order chi connectivity index (χ1) is 20.0. The summed E-state index contributed by atoms with van der Waals surface area (Å²) in [6.07, 6.45) is 4.15. The summed E-state index contributed by atoms with van der Waals surface area (Å²) in [4.78, 5) is 21.6. The smallest absolute Gasteiger partial charge is 0.255 e. The molecule has 0 spiro atoms. The fraction of sp³-hybridized carbons (Fsp3) is 0.139. The van der Waals surface area contributed by atoms with Crippen LogP contribution in [-0.4, -0.2) is 21.6 Å². The maximum Gasteiger partial charge on any atom is 0.255 e. The molecule has 7 rings (SSSR count). The van der Waals surface area contributed by atoms with Gasteiger partial charge in [0.05, 0.1) is 19.2 Å². The summed E-state index contributed by atoms with van der Waals surface area (Å²) in [5, 5.41) is 3.28. The van der Waals surface area contributed by atoms with Crippen molar-refractivity contribution in [1.82, 2.24) is 14.5 Å². The average molecular weight is 538 g/mol. The fourth-order valence-corrected chi connectivity index (χ4v) is 6.13. The highest BCUT2D eigenvalue weighted by molar-refractivity contribution is 5.90. The number of rotatable bonds is 6. The van der Waals surface area contributed by atoms with Gasteiger partial charge in [-0.2, -0.15) is 0 Å². The van der Waals surface area contributed by atoms with Crippen LogP contribution in [0.15, 0.2) is 108 Å². The van der Waals surface area contributed by atoms with Gasteiger partial charge in [-0.25, -0.2) is 0 Å². The van der Waals surface area contributed by atoms with Crippen LogP contribution in [0.1, 0.15) is 39.3 Å². The van der Waals surface area contributed by atoms with E-state index in [9.17, 15) is 4.79 Å². The summed E-state index contributed by atoms with van der Waals surface area (Å²) < 4.78 is 7.27. The maximum absolute atomic E-state index is 14.6. The van der Waals surface area contributed by atoms with Crippen molar-refractivity contribution in [2.75, 3.05) is 7.11 Å². The molecular weight excluding hydrogens is 506 g/mol. The van der Waals surface area contributed by atoms with Crippen molar-refractivity contribution >= 4 is 32.7 Å². The minimum atomic E-state index is -0.276. The number of hydrogen-bond acceptors (Lipinski definition) is 2. The van der Waals surface area contributed by atoms with Gasteiger partial charge < -0.3 is 19.3 Å². The van der Waals surface area contributed by atoms with Crippen LogP contribution >= 0.6 is 0 Å². The average Bonchev–Trinajstić information content (AvgIpc) is 3.59. The Kier molecular flexibility index (Phi) is 6.01. The van der Waals surface area contributed by atoms with E-state index >= 15 is 0 Å². The molecule has 2 N–H and O–H groups in total. The van der Waals surface area contributed by atoms with Crippen LogP contribution in [0.2, 0.25) is 0 Å². The van der Waals surface area contributed by atoms with Crippen LogP contribution in [0.5, 0.6) is 5.75 Å². The second kappa shape index (κ2) is 9.86. The molecule has 0 aliphatic carbocycles. The van der Waals surface area contributed by atoms with E-state index in [1.54, 1.807) is 7.11 Å². The number of para-hydroxylation sites is 1. The number of nitrogens with one attached hydrogen (secondary N) is 2. The molecule has 0 unspecified atom stereocenters. The van der Waals surface area contributed by atoms with Gasteiger partial charge in [0.25, 0.3) is 5.56 Å². The van der Waals surface area contributed by atoms with Gasteiger partial charge in [0.1, 0.15) is 5.75 Å². The Morgan fingerprint density at radius 3 is 1.95 bits per heavy atom. The zero-order valence-corrected chi connectivity index (χ0v) is 23.4. The van der Waals surface area contributed by atoms with E-state index < -0.39 is 0 Å². The number of nitrogens with zero attached hydrogens (tertiary/aromatic N) is 1. The molecule has 0 aliphatic rings. The lowest BCUT2D eigenvalue weighted by atomic mass is 9.84. The third-order valence-electron chi connectivity index (χ3n) is 8.20. The van der Waals surface area contributed by atoms with Gasteiger partial charge in [-0.1, -0.05) is 54.6 Å². The highest BCUT2D eigenvalue weighted by Crippen LogP contribution is 2.39. The van der Waals surface area contributed by atoms with Crippen LogP contribution in [-0.2, 0) is 6.54 Å². The first-order valence-electron chi connectivity index (χ1n) is 13.9. The van der Waals surface area contributed by atoms with Crippen LogP contribution in [0, 0.1) is 13.8 Å². The van der Waals surface area contributed by atoms with Gasteiger partial charge >= 0.3 is 0 Å². The van der Waals surface area contributed by atoms with Crippen molar-refractivity contribution in [2.45, 2.75) is 26.3 Å². The predicted molar refractivity (Wildman–Crippen MR) is 167 cm³/mol. The summed E-state index contributed by atoms with van der Waals surface area (Å²) in [5.74, 6) is 0.519. The summed E-state index contributed by atoms with van der Waals surface area (Å²) >= 11 is 0. The molecule has 0 aliphatic heterocycles. The standard InChI is InChI=1S/C36H31N3O2/c1-22-8-14-27-30(19-37-32(27)16-22)35(31-20-38-33-17-23(2)9-15-28(31)33)29-18-25-6-4-5-7-34(25)39(36(29)40)21-24-10-12-26(41-3)13-11-24/h4-20,35,37-38H,21H2,1-3H3. The van der Waals surface area contributed by atoms with Gasteiger partial charge in [0.2, 0.25) is 0 Å². The molecular formula is C36H31N3O2. The van der Waals surface area contributed by atoms with Crippen molar-refractivity contribution in [1.29, 1.82) is 0 Å². The topological polar surface area (TPSA) is 62.8 Å². The highest BCUT2D eigenvalue weighted by Gasteiger charge is 2.27. The van der Waals surface area contributed by atoms with Crippen LogP contribution in [0.3, 0.4) is 0 Å². The van der Waals surface area contributed by atoms with E-state index in [2.05, 4.69) is 84.7 Å². The Morgan fingerprint density at radius 1 is 0.732 bits per heavy atom. The Bertz CT molecular complexity index is 2030. The molecule has 5 nitrogen and oxygen atoms in total. The number of aromatic nitrogens is 3. The van der Waals surface area contributed by atoms with Crippen LogP contribution < -0.4 is 10.3 Å². The number of benzene rings is 4. The van der Waals surface area contributed by atoms with Crippen molar-refractivity contribution in [2.24, 2.45) is 0 Å². The molecule has 202 valence electrons. The van der Waals surface area contributed by atoms with Gasteiger partial charge in [-0.05, 0) is 83.4 Å². The summed E-state index contributed by atoms with van der Waals surface area (Å²) in [6.45, 7) is 4.66. The predicted octanol–water partition coefficient (Wildman–Crippen LogP) is 7.82. The van der Waals surface area contributed by atoms with Gasteiger partial charge in [0.15, 0.2) is 0 Å². The third kappa shape index (κ3) is 4.30. The summed E-state index contributed by atoms with van der Waals surface area (Å²) in [5.41, 5.74) is 9.41. The first kappa shape index (κ1) is 25.0. The number of H-pyrrole nitrogens is 2. The molecule has 0 saturated heterocycles. The molecule has 0 amide bonds. The third-order valence-corrected chi connectivity index (χ3v) is 8.20. The molecule has 0 radical (unpaired) electrons. The van der Waals surface area contributed by atoms with E-state index in [4.69, 9.17) is 4.74 Å². The molecule has 3 heterocycles. The lowest BCUT2D eigenvalue weighted by Gasteiger charge is -2.20. The molecule has 4 aromatic carbocycles. The Morgan fingerprint density at radius 2 is 1.34 bits per heavy atom. The minimum Gasteiger partial charge on any atom is -0.497 e. The zero-order chi connectivity index (χ0) is 28.1. The van der Waals surface area contributed by atoms with E-state index in [0.717, 1.165) is 60.7 Å². The Hall–Kier alpha value is -5.03. The number of methoxy groups -OCH3 is 1. The first-order valence-corrected chi connectivity index (χ1v) is 13.9. The van der Waals surface area contributed by atoms with Crippen molar-refractivity contribution < 1.29 is 4.74 Å². The quantitative estimate of drug-likeness (QED) is 0.227. The van der Waals surface area contributed by atoms with Crippen LogP contribution in [0.4, 0.5) is 0 Å². The minimum absolute atomic E-state index is 0.00689. The number of aromatic amines is 2. The molecule has 0 atom stereocenters. The van der Waals surface area contributed by atoms with E-state index in [0.29, 0.717) is 6.54 Å². The highest BCUT2D eigenvalue weighted by atomic mass is 16.5. The fourth-order valence-electron chi connectivity index (χ4n) is 6.13. The molecule has 0 saturated carbocycles. The number of pyridine rings is 1. The summed E-state index contributed by atoms with van der Waals surface area (Å²) in [6, 6.07) is 31.1. The molecule has 3 aromatic heterocycles. The van der Waals surface area contributed by atoms with E-state index in [1.165, 1.54) is 11.1 Å². The lowest BCUT2D eigenvalue weighted by molar-refractivity contribution is 0.414. The lowest BCUT2D eigenvalue weighted by Crippen LogP contribution is -2.27. The number of hydrogen-bond donors (Lipinski definition) is 2. The second-order valence-corrected chi connectivity index (χ2v) is 10.9. The normalized spacial score (nSPS) is 11.7. The zero-order valence-electron chi connectivity index (χ0n) is 23.4. The van der Waals surface area contributed by atoms with E-state index in [1.807, 2.05) is 47.0 Å². The maximum atomic E-state index is 14.6. The number of fused-ring (bicyclic) bond motifs is 3. The van der Waals surface area contributed by atoms with Crippen molar-refractivity contribution in [3.8, 4) is 5.75 Å². The van der Waals surface area contributed by atoms with Gasteiger partial charge in [-0.15, -0.1) is 0 Å². The molecule has 0 fully saturated rings. The summed E-state index contributed by atoms with van der Waals surface area (Å²) in [7, 11) is 1.66. The number of ether oxygens (including phenoxy) is 1. The van der Waals surface area contributed by atoms with Crippen molar-refractivity contribution in [3.63, 3.8) is 0 Å². The Labute approximate surface area is 238 Å². The van der Waals surface area contributed by atoms with Gasteiger partial charge in [-0.3, -0.25) is 4.79 Å². The number of aryl methyl sites for hydroxylation is 2. The monoisotopic (exact) mass is 537 g/mol. The molecule has 7 aromatic rings. The molecule has 41 heavy (non-hydrogen) atoms. The second-order valence-electron chi connectivity index (χ2n) is 10.9. The largest absolute Gasteiger partial charge is 0.497 e. The SMILES string of the molecule is COc1ccc(Cn2c(=O)c(C(c3c[nH]c4cc(C)ccc34)c3c[nH]c4cc(C)ccc34)cc3ccccc32)cc1. The Balaban J connectivity index is 1.50. The van der Waals surface area contributed by atoms with E-state index in [-0.39, 0.29) is 11.5 Å². The molecule has 0 bridgehead atoms. The van der Waals surface area contributed by atoms with Gasteiger partial charge in [0, 0.05) is 45.7 Å². The van der Waals surface area contributed by atoms with Crippen molar-refractivity contribution in [3.05, 3.63) is 147 Å². The molecule has 5 heteroatoms. The van der Waals surface area contributed by atoms with Crippen LogP contribution in [0.25, 0.3) is 32.7 Å².